The van der Waals surface area contributed by atoms with Crippen LogP contribution >= 0.6 is 0 Å². The van der Waals surface area contributed by atoms with Crippen LogP contribution in [0.4, 0.5) is 19.0 Å². The second kappa shape index (κ2) is 7.21. The van der Waals surface area contributed by atoms with E-state index in [1.807, 2.05) is 0 Å². The molecule has 25 heavy (non-hydrogen) atoms. The molecule has 0 radical (unpaired) electrons. The number of pyridine rings is 1. The molecule has 0 unspecified atom stereocenters. The number of aromatic nitrogens is 1. The van der Waals surface area contributed by atoms with Gasteiger partial charge >= 0.3 is 19.3 Å². The van der Waals surface area contributed by atoms with Gasteiger partial charge in [0.1, 0.15) is 5.82 Å². The fourth-order valence-electron chi connectivity index (χ4n) is 2.79. The predicted molar refractivity (Wildman–Crippen MR) is 85.4 cm³/mol. The lowest BCUT2D eigenvalue weighted by Gasteiger charge is -2.35. The number of rotatable bonds is 5. The summed E-state index contributed by atoms with van der Waals surface area (Å²) >= 11 is 0. The summed E-state index contributed by atoms with van der Waals surface area (Å²) in [6, 6.07) is 3.02. The first-order valence-electron chi connectivity index (χ1n) is 8.22. The van der Waals surface area contributed by atoms with Crippen LogP contribution < -0.4 is 10.4 Å². The van der Waals surface area contributed by atoms with E-state index in [9.17, 15) is 23.0 Å². The van der Waals surface area contributed by atoms with Crippen LogP contribution in [0.2, 0.25) is 0 Å². The van der Waals surface area contributed by atoms with Crippen LogP contribution in [-0.4, -0.2) is 66.9 Å². The van der Waals surface area contributed by atoms with Gasteiger partial charge in [-0.05, 0) is 24.8 Å². The minimum atomic E-state index is -5.14. The van der Waals surface area contributed by atoms with E-state index in [1.54, 1.807) is 6.07 Å². The summed E-state index contributed by atoms with van der Waals surface area (Å²) in [4.78, 5) is 19.4. The van der Waals surface area contributed by atoms with Crippen molar-refractivity contribution in [2.75, 3.05) is 37.6 Å². The van der Waals surface area contributed by atoms with E-state index in [4.69, 9.17) is 0 Å². The number of halogens is 3. The van der Waals surface area contributed by atoms with Crippen molar-refractivity contribution in [1.29, 1.82) is 0 Å². The maximum absolute atomic E-state index is 12.1. The predicted octanol–water partition coefficient (Wildman–Crippen LogP) is 0.407. The number of carbonyl (C=O) groups is 1. The molecule has 3 rings (SSSR count). The van der Waals surface area contributed by atoms with Gasteiger partial charge in [0, 0.05) is 44.4 Å². The molecule has 6 nitrogen and oxygen atoms in total. The summed E-state index contributed by atoms with van der Waals surface area (Å²) in [7, 11) is -1.99. The fraction of sp³-hybridized carbons (Fsp3) is 0.600. The molecule has 2 aliphatic rings. The quantitative estimate of drug-likeness (QED) is 0.770. The summed E-state index contributed by atoms with van der Waals surface area (Å²) < 4.78 is 40.4. The van der Waals surface area contributed by atoms with Gasteiger partial charge < -0.3 is 14.6 Å². The lowest BCUT2D eigenvalue weighted by atomic mass is 9.81. The molecule has 0 aromatic carbocycles. The van der Waals surface area contributed by atoms with Crippen molar-refractivity contribution in [3.63, 3.8) is 0 Å². The number of alkyl halides is 3. The van der Waals surface area contributed by atoms with Crippen molar-refractivity contribution >= 4 is 24.4 Å². The largest absolute Gasteiger partial charge is 0.563 e. The topological polar surface area (TPSA) is 65.9 Å². The minimum absolute atomic E-state index is 0.00582. The first-order valence-corrected chi connectivity index (χ1v) is 8.22. The lowest BCUT2D eigenvalue weighted by molar-refractivity contribution is -0.190. The molecule has 1 aliphatic carbocycles. The molecular formula is C15H19BF3N3O3. The van der Waals surface area contributed by atoms with E-state index < -0.39 is 19.3 Å². The van der Waals surface area contributed by atoms with E-state index in [0.717, 1.165) is 38.6 Å². The average molecular weight is 357 g/mol. The van der Waals surface area contributed by atoms with Gasteiger partial charge in [0.25, 0.3) is 0 Å². The Morgan fingerprint density at radius 1 is 1.28 bits per heavy atom. The molecule has 2 fully saturated rings. The van der Waals surface area contributed by atoms with Crippen LogP contribution in [0.5, 0.6) is 0 Å². The van der Waals surface area contributed by atoms with Gasteiger partial charge in [0.05, 0.1) is 0 Å². The molecule has 1 N–H and O–H groups in total. The second-order valence-electron chi connectivity index (χ2n) is 6.44. The number of nitrogens with zero attached hydrogens (tertiary/aromatic N) is 3. The summed E-state index contributed by atoms with van der Waals surface area (Å²) in [6.45, 7) is 4.70. The maximum atomic E-state index is 12.1. The van der Waals surface area contributed by atoms with Gasteiger partial charge in [0.15, 0.2) is 0 Å². The first kappa shape index (κ1) is 18.0. The van der Waals surface area contributed by atoms with Gasteiger partial charge in [-0.25, -0.2) is 9.78 Å². The van der Waals surface area contributed by atoms with Crippen molar-refractivity contribution in [2.24, 2.45) is 5.92 Å². The number of anilines is 1. The van der Waals surface area contributed by atoms with Gasteiger partial charge in [-0.1, -0.05) is 6.07 Å². The highest BCUT2D eigenvalue weighted by Crippen LogP contribution is 2.30. The molecule has 0 amide bonds. The minimum Gasteiger partial charge on any atom is -0.499 e. The highest BCUT2D eigenvalue weighted by atomic mass is 19.4. The van der Waals surface area contributed by atoms with Crippen LogP contribution in [0.1, 0.15) is 12.8 Å². The molecular weight excluding hydrogens is 338 g/mol. The van der Waals surface area contributed by atoms with Crippen molar-refractivity contribution in [2.45, 2.75) is 19.0 Å². The first-order chi connectivity index (χ1) is 11.8. The Labute approximate surface area is 143 Å². The summed E-state index contributed by atoms with van der Waals surface area (Å²) in [6.07, 6.45) is -1.27. The molecule has 1 aromatic heterocycles. The van der Waals surface area contributed by atoms with Gasteiger partial charge in [-0.15, -0.1) is 0 Å². The van der Waals surface area contributed by atoms with Crippen LogP contribution in [0.3, 0.4) is 0 Å². The molecule has 0 bridgehead atoms. The van der Waals surface area contributed by atoms with Gasteiger partial charge in [-0.2, -0.15) is 13.2 Å². The number of piperazine rings is 1. The highest BCUT2D eigenvalue weighted by molar-refractivity contribution is 6.61. The average Bonchev–Trinajstić information content (AvgIpc) is 3.39. The zero-order valence-electron chi connectivity index (χ0n) is 13.6. The highest BCUT2D eigenvalue weighted by Gasteiger charge is 2.43. The zero-order chi connectivity index (χ0) is 18.0. The third-order valence-corrected chi connectivity index (χ3v) is 4.42. The monoisotopic (exact) mass is 357 g/mol. The summed E-state index contributed by atoms with van der Waals surface area (Å²) in [5.41, 5.74) is -0.00582. The number of carbonyl (C=O) groups excluding carboxylic acids is 1. The van der Waals surface area contributed by atoms with E-state index in [2.05, 4.69) is 19.4 Å². The molecule has 2 heterocycles. The second-order valence-corrected chi connectivity index (χ2v) is 6.44. The zero-order valence-corrected chi connectivity index (χ0v) is 13.6. The normalized spacial score (nSPS) is 19.0. The Balaban J connectivity index is 1.52. The number of hydrogen-bond acceptors (Lipinski definition) is 6. The Hall–Kier alpha value is -1.81. The molecule has 10 heteroatoms. The van der Waals surface area contributed by atoms with Gasteiger partial charge in [0.2, 0.25) is 0 Å². The third-order valence-electron chi connectivity index (χ3n) is 4.42. The third kappa shape index (κ3) is 4.85. The van der Waals surface area contributed by atoms with Crippen molar-refractivity contribution < 1.29 is 27.6 Å². The van der Waals surface area contributed by atoms with Crippen LogP contribution in [0, 0.1) is 5.92 Å². The standard InChI is InChI=1S/C15H19BF3N3O3/c17-15(18,19)14(23)25-16(24)12-3-4-13(20-9-12)22-7-5-21(6-8-22)10-11-1-2-11/h3-4,9,11,24H,1-2,5-8,10H2. The van der Waals surface area contributed by atoms with Crippen molar-refractivity contribution in [3.05, 3.63) is 18.3 Å². The Kier molecular flexibility index (Phi) is 5.19. The Morgan fingerprint density at radius 2 is 1.96 bits per heavy atom. The van der Waals surface area contributed by atoms with Crippen LogP contribution in [0.15, 0.2) is 18.3 Å². The molecule has 1 saturated heterocycles. The smallest absolute Gasteiger partial charge is 0.499 e. The maximum Gasteiger partial charge on any atom is 0.563 e. The fourth-order valence-corrected chi connectivity index (χ4v) is 2.79. The van der Waals surface area contributed by atoms with E-state index in [1.165, 1.54) is 25.1 Å². The van der Waals surface area contributed by atoms with Crippen LogP contribution in [0.25, 0.3) is 0 Å². The molecule has 1 aliphatic heterocycles. The molecule has 1 aromatic rings. The van der Waals surface area contributed by atoms with Crippen molar-refractivity contribution in [1.82, 2.24) is 9.88 Å². The lowest BCUT2D eigenvalue weighted by Crippen LogP contribution is -2.47. The van der Waals surface area contributed by atoms with Crippen LogP contribution in [-0.2, 0) is 9.45 Å². The van der Waals surface area contributed by atoms with E-state index in [0.29, 0.717) is 5.82 Å². The molecule has 1 saturated carbocycles. The molecule has 0 atom stereocenters. The van der Waals surface area contributed by atoms with E-state index in [-0.39, 0.29) is 5.46 Å². The van der Waals surface area contributed by atoms with Crippen molar-refractivity contribution in [3.8, 4) is 0 Å². The Morgan fingerprint density at radius 3 is 2.48 bits per heavy atom. The van der Waals surface area contributed by atoms with E-state index >= 15 is 0 Å². The summed E-state index contributed by atoms with van der Waals surface area (Å²) in [5.74, 6) is -0.898. The molecule has 0 spiro atoms. The number of hydrogen-bond donors (Lipinski definition) is 1. The summed E-state index contributed by atoms with van der Waals surface area (Å²) in [5, 5.41) is 9.58. The SMILES string of the molecule is O=C(OB(O)c1ccc(N2CCN(CC3CC3)CC2)nc1)C(F)(F)F. The Bertz CT molecular complexity index is 602. The van der Waals surface area contributed by atoms with Gasteiger partial charge in [-0.3, -0.25) is 4.90 Å². The molecule has 136 valence electrons.